The van der Waals surface area contributed by atoms with Crippen molar-refractivity contribution >= 4 is 28.8 Å². The van der Waals surface area contributed by atoms with E-state index in [1.165, 1.54) is 21.8 Å². The summed E-state index contributed by atoms with van der Waals surface area (Å²) in [6, 6.07) is 9.98. The van der Waals surface area contributed by atoms with Crippen LogP contribution in [0.2, 0.25) is 0 Å². The highest BCUT2D eigenvalue weighted by Gasteiger charge is 2.36. The molecular weight excluding hydrogens is 370 g/mol. The third-order valence-electron chi connectivity index (χ3n) is 5.25. The molecule has 1 amide bonds. The van der Waals surface area contributed by atoms with Gasteiger partial charge < -0.3 is 5.32 Å². The molecule has 0 aliphatic carbocycles. The van der Waals surface area contributed by atoms with Crippen molar-refractivity contribution in [2.24, 2.45) is 0 Å². The van der Waals surface area contributed by atoms with E-state index in [4.69, 9.17) is 0 Å². The van der Waals surface area contributed by atoms with Crippen LogP contribution in [0.15, 0.2) is 30.3 Å². The summed E-state index contributed by atoms with van der Waals surface area (Å²) in [4.78, 5) is 27.6. The monoisotopic (exact) mass is 393 g/mol. The van der Waals surface area contributed by atoms with Gasteiger partial charge in [-0.1, -0.05) is 24.6 Å². The number of amides is 1. The molecule has 0 saturated heterocycles. The van der Waals surface area contributed by atoms with E-state index in [1.54, 1.807) is 4.68 Å². The predicted octanol–water partition coefficient (Wildman–Crippen LogP) is 4.73. The first-order valence-corrected chi connectivity index (χ1v) is 10.3. The van der Waals surface area contributed by atoms with E-state index in [9.17, 15) is 9.59 Å². The quantitative estimate of drug-likeness (QED) is 0.652. The van der Waals surface area contributed by atoms with Gasteiger partial charge in [-0.15, -0.1) is 11.3 Å². The van der Waals surface area contributed by atoms with Gasteiger partial charge in [0.1, 0.15) is 5.82 Å². The fourth-order valence-corrected chi connectivity index (χ4v) is 4.80. The van der Waals surface area contributed by atoms with Crippen LogP contribution >= 0.6 is 11.3 Å². The number of hydrogen-bond donors (Lipinski definition) is 1. The second kappa shape index (κ2) is 7.02. The van der Waals surface area contributed by atoms with Gasteiger partial charge in [0.05, 0.1) is 22.2 Å². The van der Waals surface area contributed by atoms with Gasteiger partial charge in [0.2, 0.25) is 5.91 Å². The second-order valence-corrected chi connectivity index (χ2v) is 8.51. The van der Waals surface area contributed by atoms with Crippen molar-refractivity contribution in [1.29, 1.82) is 0 Å². The zero-order valence-corrected chi connectivity index (χ0v) is 17.3. The topological polar surface area (TPSA) is 64.0 Å². The summed E-state index contributed by atoms with van der Waals surface area (Å²) in [6.45, 7) is 8.05. The summed E-state index contributed by atoms with van der Waals surface area (Å²) in [5.41, 5.74) is 4.75. The van der Waals surface area contributed by atoms with Crippen LogP contribution in [-0.4, -0.2) is 21.5 Å². The molecule has 28 heavy (non-hydrogen) atoms. The molecule has 0 spiro atoms. The Labute approximate surface area is 168 Å². The molecule has 2 aromatic heterocycles. The van der Waals surface area contributed by atoms with E-state index in [0.29, 0.717) is 10.7 Å². The zero-order chi connectivity index (χ0) is 20.0. The number of carbonyl (C=O) groups excluding carboxylic acids is 2. The summed E-state index contributed by atoms with van der Waals surface area (Å²) in [7, 11) is 0. The molecule has 0 fully saturated rings. The first kappa shape index (κ1) is 18.6. The number of nitrogens with one attached hydrogen (secondary N) is 1. The number of ketones is 1. The lowest BCUT2D eigenvalue weighted by molar-refractivity contribution is -0.116. The highest BCUT2D eigenvalue weighted by atomic mass is 32.1. The number of carbonyl (C=O) groups is 2. The average Bonchev–Trinajstić information content (AvgIpc) is 3.26. The Balaban J connectivity index is 1.82. The molecule has 6 heteroatoms. The summed E-state index contributed by atoms with van der Waals surface area (Å²) in [5.74, 6) is -0.0222. The van der Waals surface area contributed by atoms with E-state index in [-0.39, 0.29) is 18.1 Å². The lowest BCUT2D eigenvalue weighted by Crippen LogP contribution is -2.28. The number of Topliss-reactive ketones (excluding diaryl/α,β-unsaturated/α-hetero) is 1. The molecule has 1 aliphatic heterocycles. The minimum Gasteiger partial charge on any atom is -0.310 e. The third-order valence-corrected chi connectivity index (χ3v) is 6.50. The van der Waals surface area contributed by atoms with E-state index in [1.807, 2.05) is 45.0 Å². The zero-order valence-electron chi connectivity index (χ0n) is 16.5. The van der Waals surface area contributed by atoms with E-state index >= 15 is 0 Å². The summed E-state index contributed by atoms with van der Waals surface area (Å²) in [5, 5.41) is 7.64. The van der Waals surface area contributed by atoms with Gasteiger partial charge in [-0.2, -0.15) is 5.10 Å². The molecule has 0 radical (unpaired) electrons. The van der Waals surface area contributed by atoms with Crippen molar-refractivity contribution in [3.63, 3.8) is 0 Å². The van der Waals surface area contributed by atoms with Crippen LogP contribution in [0.4, 0.5) is 5.82 Å². The van der Waals surface area contributed by atoms with Gasteiger partial charge in [0, 0.05) is 16.9 Å². The highest BCUT2D eigenvalue weighted by molar-refractivity contribution is 7.14. The number of fused-ring (bicyclic) bond motifs is 1. The molecule has 5 nitrogen and oxygen atoms in total. The van der Waals surface area contributed by atoms with Crippen molar-refractivity contribution in [3.05, 3.63) is 62.5 Å². The molecule has 144 valence electrons. The third kappa shape index (κ3) is 3.07. The SMILES string of the molecule is CCc1ccc(C(=O)[C@@H]2CC(=O)Nc3c2c(C)nn3-c2ccc(C)cc2C)s1. The highest BCUT2D eigenvalue weighted by Crippen LogP contribution is 2.39. The normalized spacial score (nSPS) is 16.0. The van der Waals surface area contributed by atoms with Crippen LogP contribution in [-0.2, 0) is 11.2 Å². The number of anilines is 1. The number of aryl methyl sites for hydroxylation is 4. The Morgan fingerprint density at radius 2 is 2.04 bits per heavy atom. The molecule has 1 N–H and O–H groups in total. The van der Waals surface area contributed by atoms with Gasteiger partial charge in [-0.05, 0) is 51.0 Å². The first-order chi connectivity index (χ1) is 13.4. The van der Waals surface area contributed by atoms with Crippen molar-refractivity contribution in [2.75, 3.05) is 5.32 Å². The van der Waals surface area contributed by atoms with Crippen LogP contribution in [0.3, 0.4) is 0 Å². The van der Waals surface area contributed by atoms with Crippen LogP contribution in [0.5, 0.6) is 0 Å². The minimum absolute atomic E-state index is 0.00378. The second-order valence-electron chi connectivity index (χ2n) is 7.34. The molecule has 1 aliphatic rings. The van der Waals surface area contributed by atoms with Crippen molar-refractivity contribution < 1.29 is 9.59 Å². The Hall–Kier alpha value is -2.73. The smallest absolute Gasteiger partial charge is 0.226 e. The Kier molecular flexibility index (Phi) is 4.67. The van der Waals surface area contributed by atoms with Gasteiger partial charge in [-0.3, -0.25) is 9.59 Å². The van der Waals surface area contributed by atoms with Crippen molar-refractivity contribution in [1.82, 2.24) is 9.78 Å². The summed E-state index contributed by atoms with van der Waals surface area (Å²) >= 11 is 1.52. The fourth-order valence-electron chi connectivity index (χ4n) is 3.86. The Bertz CT molecular complexity index is 1090. The molecule has 4 rings (SSSR count). The van der Waals surface area contributed by atoms with Gasteiger partial charge in [0.25, 0.3) is 0 Å². The number of aromatic nitrogens is 2. The molecule has 1 atom stereocenters. The average molecular weight is 394 g/mol. The largest absolute Gasteiger partial charge is 0.310 e. The molecular formula is C22H23N3O2S. The molecule has 3 heterocycles. The van der Waals surface area contributed by atoms with E-state index in [0.717, 1.165) is 28.9 Å². The molecule has 3 aromatic rings. The summed E-state index contributed by atoms with van der Waals surface area (Å²) in [6.07, 6.45) is 1.06. The Morgan fingerprint density at radius 3 is 2.71 bits per heavy atom. The number of benzene rings is 1. The van der Waals surface area contributed by atoms with Crippen LogP contribution < -0.4 is 5.32 Å². The molecule has 0 bridgehead atoms. The van der Waals surface area contributed by atoms with E-state index in [2.05, 4.69) is 23.4 Å². The maximum absolute atomic E-state index is 13.2. The minimum atomic E-state index is -0.494. The lowest BCUT2D eigenvalue weighted by Gasteiger charge is -2.23. The summed E-state index contributed by atoms with van der Waals surface area (Å²) < 4.78 is 1.77. The first-order valence-electron chi connectivity index (χ1n) is 9.49. The number of rotatable bonds is 4. The maximum Gasteiger partial charge on any atom is 0.226 e. The lowest BCUT2D eigenvalue weighted by atomic mass is 9.87. The van der Waals surface area contributed by atoms with Gasteiger partial charge in [-0.25, -0.2) is 4.68 Å². The molecule has 0 unspecified atom stereocenters. The van der Waals surface area contributed by atoms with Crippen LogP contribution in [0, 0.1) is 20.8 Å². The fraction of sp³-hybridized carbons (Fsp3) is 0.318. The molecule has 0 saturated carbocycles. The maximum atomic E-state index is 13.2. The van der Waals surface area contributed by atoms with Crippen LogP contribution in [0.1, 0.15) is 56.2 Å². The van der Waals surface area contributed by atoms with Crippen LogP contribution in [0.25, 0.3) is 5.69 Å². The van der Waals surface area contributed by atoms with Crippen molar-refractivity contribution in [2.45, 2.75) is 46.5 Å². The van der Waals surface area contributed by atoms with Crippen molar-refractivity contribution in [3.8, 4) is 5.69 Å². The number of nitrogens with zero attached hydrogens (tertiary/aromatic N) is 2. The van der Waals surface area contributed by atoms with Gasteiger partial charge >= 0.3 is 0 Å². The standard InChI is InChI=1S/C22H23N3O2S/c1-5-15-7-9-18(28-15)21(27)16-11-19(26)23-22-20(16)14(4)24-25(22)17-8-6-12(2)10-13(17)3/h6-10,16H,5,11H2,1-4H3,(H,23,26)/t16-/m1/s1. The molecule has 1 aromatic carbocycles. The van der Waals surface area contributed by atoms with E-state index < -0.39 is 5.92 Å². The predicted molar refractivity (Wildman–Crippen MR) is 112 cm³/mol. The number of hydrogen-bond acceptors (Lipinski definition) is 4. The van der Waals surface area contributed by atoms with Gasteiger partial charge in [0.15, 0.2) is 5.78 Å². The Morgan fingerprint density at radius 1 is 1.25 bits per heavy atom. The number of thiophene rings is 1.